The SMILES string of the molecule is O=C(/C=C/c1ccsc1)O[C@H](C(=O)N1CCCC1)c1ccccc1. The average molecular weight is 341 g/mol. The highest BCUT2D eigenvalue weighted by Crippen LogP contribution is 2.23. The van der Waals surface area contributed by atoms with Crippen molar-refractivity contribution in [1.82, 2.24) is 4.90 Å². The molecule has 0 spiro atoms. The van der Waals surface area contributed by atoms with Crippen LogP contribution in [-0.4, -0.2) is 29.9 Å². The Bertz CT molecular complexity index is 703. The highest BCUT2D eigenvalue weighted by molar-refractivity contribution is 7.08. The van der Waals surface area contributed by atoms with Crippen molar-refractivity contribution in [3.05, 3.63) is 64.4 Å². The number of benzene rings is 1. The van der Waals surface area contributed by atoms with Crippen LogP contribution in [0.5, 0.6) is 0 Å². The molecule has 2 aromatic rings. The van der Waals surface area contributed by atoms with E-state index in [9.17, 15) is 9.59 Å². The minimum atomic E-state index is -0.885. The second-order valence-corrected chi connectivity index (χ2v) is 6.43. The van der Waals surface area contributed by atoms with Crippen molar-refractivity contribution in [3.8, 4) is 0 Å². The lowest BCUT2D eigenvalue weighted by Crippen LogP contribution is -2.34. The van der Waals surface area contributed by atoms with Gasteiger partial charge in [-0.2, -0.15) is 11.3 Å². The number of hydrogen-bond acceptors (Lipinski definition) is 4. The lowest BCUT2D eigenvalue weighted by Gasteiger charge is -2.23. The summed E-state index contributed by atoms with van der Waals surface area (Å²) < 4.78 is 5.50. The first-order chi connectivity index (χ1) is 11.7. The zero-order valence-corrected chi connectivity index (χ0v) is 14.1. The van der Waals surface area contributed by atoms with E-state index >= 15 is 0 Å². The quantitative estimate of drug-likeness (QED) is 0.616. The Kier molecular flexibility index (Phi) is 5.43. The summed E-state index contributed by atoms with van der Waals surface area (Å²) in [7, 11) is 0. The van der Waals surface area contributed by atoms with Crippen molar-refractivity contribution < 1.29 is 14.3 Å². The van der Waals surface area contributed by atoms with Crippen molar-refractivity contribution in [1.29, 1.82) is 0 Å². The van der Waals surface area contributed by atoms with E-state index in [0.717, 1.165) is 31.5 Å². The van der Waals surface area contributed by atoms with Gasteiger partial charge >= 0.3 is 5.97 Å². The smallest absolute Gasteiger partial charge is 0.331 e. The molecule has 0 N–H and O–H groups in total. The lowest BCUT2D eigenvalue weighted by atomic mass is 10.1. The van der Waals surface area contributed by atoms with E-state index < -0.39 is 12.1 Å². The Morgan fingerprint density at radius 1 is 1.12 bits per heavy atom. The fourth-order valence-electron chi connectivity index (χ4n) is 2.68. The Morgan fingerprint density at radius 3 is 2.54 bits per heavy atom. The molecule has 24 heavy (non-hydrogen) atoms. The Labute approximate surface area is 145 Å². The first kappa shape index (κ1) is 16.5. The van der Waals surface area contributed by atoms with Crippen LogP contribution in [0.15, 0.2) is 53.2 Å². The van der Waals surface area contributed by atoms with Crippen LogP contribution in [0.3, 0.4) is 0 Å². The number of amides is 1. The van der Waals surface area contributed by atoms with Crippen molar-refractivity contribution >= 4 is 29.3 Å². The molecule has 0 saturated carbocycles. The van der Waals surface area contributed by atoms with Gasteiger partial charge in [-0.3, -0.25) is 4.79 Å². The summed E-state index contributed by atoms with van der Waals surface area (Å²) in [5.74, 6) is -0.654. The molecule has 3 rings (SSSR count). The van der Waals surface area contributed by atoms with E-state index in [2.05, 4.69) is 0 Å². The van der Waals surface area contributed by atoms with Crippen molar-refractivity contribution in [2.45, 2.75) is 18.9 Å². The van der Waals surface area contributed by atoms with Gasteiger partial charge in [0.1, 0.15) is 0 Å². The maximum Gasteiger partial charge on any atom is 0.331 e. The molecule has 1 atom stereocenters. The third kappa shape index (κ3) is 4.11. The molecule has 1 aliphatic rings. The van der Waals surface area contributed by atoms with Crippen molar-refractivity contribution in [2.75, 3.05) is 13.1 Å². The molecule has 124 valence electrons. The zero-order valence-electron chi connectivity index (χ0n) is 13.3. The van der Waals surface area contributed by atoms with E-state index in [0.29, 0.717) is 5.56 Å². The predicted molar refractivity (Wildman–Crippen MR) is 94.4 cm³/mol. The molecule has 1 aromatic heterocycles. The third-order valence-electron chi connectivity index (χ3n) is 3.93. The lowest BCUT2D eigenvalue weighted by molar-refractivity contribution is -0.156. The number of hydrogen-bond donors (Lipinski definition) is 0. The molecule has 2 heterocycles. The third-order valence-corrected chi connectivity index (χ3v) is 4.63. The van der Waals surface area contributed by atoms with E-state index in [1.54, 1.807) is 22.3 Å². The van der Waals surface area contributed by atoms with Gasteiger partial charge in [0.05, 0.1) is 0 Å². The van der Waals surface area contributed by atoms with Gasteiger partial charge in [0.15, 0.2) is 0 Å². The van der Waals surface area contributed by atoms with Gasteiger partial charge in [-0.25, -0.2) is 4.79 Å². The molecule has 0 unspecified atom stereocenters. The summed E-state index contributed by atoms with van der Waals surface area (Å²) in [6.45, 7) is 1.45. The van der Waals surface area contributed by atoms with Crippen LogP contribution in [0.25, 0.3) is 6.08 Å². The molecule has 1 fully saturated rings. The van der Waals surface area contributed by atoms with Crippen molar-refractivity contribution in [3.63, 3.8) is 0 Å². The molecule has 1 amide bonds. The van der Waals surface area contributed by atoms with Crippen LogP contribution in [0.4, 0.5) is 0 Å². The zero-order chi connectivity index (χ0) is 16.8. The maximum atomic E-state index is 12.7. The standard InChI is InChI=1S/C19H19NO3S/c21-17(9-8-15-10-13-24-14-15)23-18(16-6-2-1-3-7-16)19(22)20-11-4-5-12-20/h1-3,6-10,13-14,18H,4-5,11-12H2/b9-8+/t18-/m0/s1. The predicted octanol–water partition coefficient (Wildman–Crippen LogP) is 3.67. The van der Waals surface area contributed by atoms with Crippen LogP contribution in [0.2, 0.25) is 0 Å². The minimum Gasteiger partial charge on any atom is -0.444 e. The molecule has 4 nitrogen and oxygen atoms in total. The number of rotatable bonds is 5. The van der Waals surface area contributed by atoms with E-state index in [4.69, 9.17) is 4.74 Å². The molecule has 0 aliphatic carbocycles. The summed E-state index contributed by atoms with van der Waals surface area (Å²) in [6, 6.07) is 11.1. The van der Waals surface area contributed by atoms with Gasteiger partial charge in [-0.1, -0.05) is 30.3 Å². The first-order valence-corrected chi connectivity index (χ1v) is 8.93. The molecule has 1 aromatic carbocycles. The van der Waals surface area contributed by atoms with Gasteiger partial charge in [0.25, 0.3) is 5.91 Å². The van der Waals surface area contributed by atoms with Crippen LogP contribution in [0, 0.1) is 0 Å². The highest BCUT2D eigenvalue weighted by atomic mass is 32.1. The average Bonchev–Trinajstić information content (AvgIpc) is 3.31. The molecule has 1 saturated heterocycles. The van der Waals surface area contributed by atoms with E-state index in [1.807, 2.05) is 47.2 Å². The first-order valence-electron chi connectivity index (χ1n) is 7.98. The monoisotopic (exact) mass is 341 g/mol. The number of carbonyl (C=O) groups is 2. The van der Waals surface area contributed by atoms with Crippen molar-refractivity contribution in [2.24, 2.45) is 0 Å². The van der Waals surface area contributed by atoms with Gasteiger partial charge < -0.3 is 9.64 Å². The van der Waals surface area contributed by atoms with Gasteiger partial charge in [0.2, 0.25) is 6.10 Å². The largest absolute Gasteiger partial charge is 0.444 e. The number of ether oxygens (including phenoxy) is 1. The number of likely N-dealkylation sites (tertiary alicyclic amines) is 1. The van der Waals surface area contributed by atoms with E-state index in [1.165, 1.54) is 6.08 Å². The molecular weight excluding hydrogens is 322 g/mol. The topological polar surface area (TPSA) is 46.6 Å². The Morgan fingerprint density at radius 2 is 1.88 bits per heavy atom. The number of thiophene rings is 1. The summed E-state index contributed by atoms with van der Waals surface area (Å²) >= 11 is 1.56. The number of nitrogens with zero attached hydrogens (tertiary/aromatic N) is 1. The maximum absolute atomic E-state index is 12.7. The van der Waals surface area contributed by atoms with Crippen LogP contribution in [-0.2, 0) is 14.3 Å². The minimum absolute atomic E-state index is 0.143. The number of esters is 1. The van der Waals surface area contributed by atoms with Gasteiger partial charge in [0, 0.05) is 24.7 Å². The molecule has 1 aliphatic heterocycles. The summed E-state index contributed by atoms with van der Waals surface area (Å²) in [4.78, 5) is 26.7. The Balaban J connectivity index is 1.74. The summed E-state index contributed by atoms with van der Waals surface area (Å²) in [5, 5.41) is 3.88. The highest BCUT2D eigenvalue weighted by Gasteiger charge is 2.30. The fourth-order valence-corrected chi connectivity index (χ4v) is 3.31. The fraction of sp³-hybridized carbons (Fsp3) is 0.263. The molecule has 5 heteroatoms. The van der Waals surface area contributed by atoms with Gasteiger partial charge in [-0.15, -0.1) is 0 Å². The molecule has 0 bridgehead atoms. The van der Waals surface area contributed by atoms with Crippen LogP contribution < -0.4 is 0 Å². The van der Waals surface area contributed by atoms with E-state index in [-0.39, 0.29) is 5.91 Å². The van der Waals surface area contributed by atoms with Gasteiger partial charge in [-0.05, 0) is 41.3 Å². The second-order valence-electron chi connectivity index (χ2n) is 5.65. The van der Waals surface area contributed by atoms with Crippen LogP contribution >= 0.6 is 11.3 Å². The molecule has 0 radical (unpaired) electrons. The second kappa shape index (κ2) is 7.93. The summed E-state index contributed by atoms with van der Waals surface area (Å²) in [6.07, 6.45) is 4.18. The number of carbonyl (C=O) groups excluding carboxylic acids is 2. The van der Waals surface area contributed by atoms with Crippen LogP contribution in [0.1, 0.15) is 30.1 Å². The Hall–Kier alpha value is -2.40. The normalized spacial score (nSPS) is 15.6. The summed E-state index contributed by atoms with van der Waals surface area (Å²) in [5.41, 5.74) is 1.64. The molecular formula is C19H19NO3S.